The van der Waals surface area contributed by atoms with Crippen LogP contribution in [0.1, 0.15) is 25.8 Å². The van der Waals surface area contributed by atoms with E-state index in [2.05, 4.69) is 6.58 Å². The molecule has 1 aliphatic heterocycles. The highest BCUT2D eigenvalue weighted by Crippen LogP contribution is 2.36. The molecule has 2 rings (SSSR count). The van der Waals surface area contributed by atoms with Crippen molar-refractivity contribution in [3.8, 4) is 11.5 Å². The van der Waals surface area contributed by atoms with Gasteiger partial charge in [-0.3, -0.25) is 9.69 Å². The van der Waals surface area contributed by atoms with Crippen molar-refractivity contribution in [1.82, 2.24) is 4.90 Å². The van der Waals surface area contributed by atoms with E-state index in [0.717, 1.165) is 12.0 Å². The second-order valence-corrected chi connectivity index (χ2v) is 6.99. The molecule has 0 radical (unpaired) electrons. The highest BCUT2D eigenvalue weighted by atomic mass is 32.2. The third kappa shape index (κ3) is 3.99. The zero-order chi connectivity index (χ0) is 17.7. The van der Waals surface area contributed by atoms with E-state index in [4.69, 9.17) is 21.7 Å². The van der Waals surface area contributed by atoms with Gasteiger partial charge in [0.2, 0.25) is 0 Å². The van der Waals surface area contributed by atoms with Gasteiger partial charge in [0.15, 0.2) is 11.5 Å². The molecule has 1 aliphatic rings. The Morgan fingerprint density at radius 1 is 1.42 bits per heavy atom. The molecule has 0 saturated carbocycles. The van der Waals surface area contributed by atoms with E-state index in [0.29, 0.717) is 27.3 Å². The normalized spacial score (nSPS) is 17.3. The largest absolute Gasteiger partial charge is 0.493 e. The zero-order valence-electron chi connectivity index (χ0n) is 14.1. The van der Waals surface area contributed by atoms with Crippen LogP contribution in [0, 0.1) is 0 Å². The summed E-state index contributed by atoms with van der Waals surface area (Å²) in [7, 11) is 1.59. The van der Waals surface area contributed by atoms with Gasteiger partial charge in [-0.05, 0) is 37.1 Å². The van der Waals surface area contributed by atoms with Crippen LogP contribution in [0.15, 0.2) is 35.8 Å². The monoisotopic (exact) mass is 363 g/mol. The molecule has 0 bridgehead atoms. The predicted molar refractivity (Wildman–Crippen MR) is 103 cm³/mol. The van der Waals surface area contributed by atoms with Gasteiger partial charge in [0, 0.05) is 6.04 Å². The Bertz CT molecular complexity index is 685. The number of hydrogen-bond donors (Lipinski definition) is 0. The molecule has 1 heterocycles. The number of benzene rings is 1. The maximum Gasteiger partial charge on any atom is 0.266 e. The smallest absolute Gasteiger partial charge is 0.266 e. The van der Waals surface area contributed by atoms with Crippen molar-refractivity contribution in [3.05, 3.63) is 41.3 Å². The lowest BCUT2D eigenvalue weighted by Gasteiger charge is -2.21. The highest BCUT2D eigenvalue weighted by Gasteiger charge is 2.34. The molecular weight excluding hydrogens is 342 g/mol. The van der Waals surface area contributed by atoms with Crippen molar-refractivity contribution < 1.29 is 14.3 Å². The fourth-order valence-corrected chi connectivity index (χ4v) is 3.70. The number of thioether (sulfide) groups is 1. The van der Waals surface area contributed by atoms with Gasteiger partial charge in [0.25, 0.3) is 5.91 Å². The third-order valence-corrected chi connectivity index (χ3v) is 5.03. The molecule has 24 heavy (non-hydrogen) atoms. The molecule has 128 valence electrons. The van der Waals surface area contributed by atoms with Crippen LogP contribution in [0.3, 0.4) is 0 Å². The number of ether oxygens (including phenoxy) is 2. The minimum Gasteiger partial charge on any atom is -0.493 e. The summed E-state index contributed by atoms with van der Waals surface area (Å²) in [5.74, 6) is 1.22. The fourth-order valence-electron chi connectivity index (χ4n) is 2.24. The van der Waals surface area contributed by atoms with Crippen LogP contribution < -0.4 is 9.47 Å². The molecule has 1 aromatic carbocycles. The summed E-state index contributed by atoms with van der Waals surface area (Å²) in [5, 5.41) is 0. The maximum atomic E-state index is 12.6. The number of thiocarbonyl (C=S) groups is 1. The summed E-state index contributed by atoms with van der Waals surface area (Å²) < 4.78 is 11.5. The van der Waals surface area contributed by atoms with Crippen LogP contribution in [0.4, 0.5) is 0 Å². The Morgan fingerprint density at radius 3 is 2.79 bits per heavy atom. The number of nitrogens with zero attached hydrogens (tertiary/aromatic N) is 1. The third-order valence-electron chi connectivity index (χ3n) is 3.70. The van der Waals surface area contributed by atoms with E-state index in [1.54, 1.807) is 18.1 Å². The summed E-state index contributed by atoms with van der Waals surface area (Å²) in [6, 6.07) is 5.65. The Labute approximate surface area is 152 Å². The van der Waals surface area contributed by atoms with Gasteiger partial charge in [-0.1, -0.05) is 49.6 Å². The number of carbonyl (C=O) groups is 1. The van der Waals surface area contributed by atoms with E-state index in [1.165, 1.54) is 11.8 Å². The van der Waals surface area contributed by atoms with Crippen LogP contribution in [0.5, 0.6) is 11.5 Å². The summed E-state index contributed by atoms with van der Waals surface area (Å²) in [5.41, 5.74) is 0.863. The Hall–Kier alpha value is -1.79. The first kappa shape index (κ1) is 18.5. The van der Waals surface area contributed by atoms with Crippen molar-refractivity contribution in [2.45, 2.75) is 26.3 Å². The van der Waals surface area contributed by atoms with E-state index < -0.39 is 0 Å². The Morgan fingerprint density at radius 2 is 2.17 bits per heavy atom. The topological polar surface area (TPSA) is 38.8 Å². The molecule has 4 nitrogen and oxygen atoms in total. The first-order chi connectivity index (χ1) is 11.5. The van der Waals surface area contributed by atoms with Crippen LogP contribution in [0.25, 0.3) is 6.08 Å². The predicted octanol–water partition coefficient (Wildman–Crippen LogP) is 4.26. The molecule has 1 atom stereocenters. The minimum absolute atomic E-state index is 0.0368. The summed E-state index contributed by atoms with van der Waals surface area (Å²) in [4.78, 5) is 14.9. The molecular formula is C18H21NO3S2. The van der Waals surface area contributed by atoms with Gasteiger partial charge in [0.1, 0.15) is 10.9 Å². The maximum absolute atomic E-state index is 12.6. The SMILES string of the molecule is C=CCOc1ccc(C=C2SC(=S)N([C@@H](C)CC)C2=O)cc1OC. The lowest BCUT2D eigenvalue weighted by atomic mass is 10.1. The second-order valence-electron chi connectivity index (χ2n) is 5.32. The van der Waals surface area contributed by atoms with Gasteiger partial charge >= 0.3 is 0 Å². The standard InChI is InChI=1S/C18H21NO3S2/c1-5-9-22-14-8-7-13(10-15(14)21-4)11-16-17(20)19(12(3)6-2)18(23)24-16/h5,7-8,10-12H,1,6,9H2,2-4H3/t12-/m0/s1. The van der Waals surface area contributed by atoms with E-state index in [-0.39, 0.29) is 11.9 Å². The first-order valence-corrected chi connectivity index (χ1v) is 8.93. The van der Waals surface area contributed by atoms with Crippen molar-refractivity contribution in [3.63, 3.8) is 0 Å². The molecule has 1 aromatic rings. The number of rotatable bonds is 7. The first-order valence-electron chi connectivity index (χ1n) is 7.70. The number of hydrogen-bond acceptors (Lipinski definition) is 5. The van der Waals surface area contributed by atoms with E-state index in [9.17, 15) is 4.79 Å². The number of carbonyl (C=O) groups excluding carboxylic acids is 1. The molecule has 0 unspecified atom stereocenters. The van der Waals surface area contributed by atoms with Crippen LogP contribution >= 0.6 is 24.0 Å². The van der Waals surface area contributed by atoms with Crippen molar-refractivity contribution >= 4 is 40.3 Å². The number of methoxy groups -OCH3 is 1. The van der Waals surface area contributed by atoms with Gasteiger partial charge in [-0.2, -0.15) is 0 Å². The quantitative estimate of drug-likeness (QED) is 0.411. The fraction of sp³-hybridized carbons (Fsp3) is 0.333. The van der Waals surface area contributed by atoms with Crippen molar-refractivity contribution in [2.75, 3.05) is 13.7 Å². The molecule has 0 aromatic heterocycles. The van der Waals surface area contributed by atoms with Gasteiger partial charge in [-0.25, -0.2) is 0 Å². The Balaban J connectivity index is 2.26. The molecule has 1 amide bonds. The van der Waals surface area contributed by atoms with Crippen molar-refractivity contribution in [2.24, 2.45) is 0 Å². The summed E-state index contributed by atoms with van der Waals surface area (Å²) in [6.45, 7) is 8.08. The van der Waals surface area contributed by atoms with Gasteiger partial charge < -0.3 is 9.47 Å². The Kier molecular flexibility index (Phi) is 6.45. The summed E-state index contributed by atoms with van der Waals surface area (Å²) >= 11 is 6.68. The molecule has 1 saturated heterocycles. The van der Waals surface area contributed by atoms with Gasteiger partial charge in [0.05, 0.1) is 12.0 Å². The van der Waals surface area contributed by atoms with E-state index in [1.807, 2.05) is 38.1 Å². The zero-order valence-corrected chi connectivity index (χ0v) is 15.7. The average Bonchev–Trinajstić information content (AvgIpc) is 2.86. The molecule has 0 N–H and O–H groups in total. The van der Waals surface area contributed by atoms with Crippen LogP contribution in [-0.4, -0.2) is 34.9 Å². The van der Waals surface area contributed by atoms with Crippen molar-refractivity contribution in [1.29, 1.82) is 0 Å². The second kappa shape index (κ2) is 8.35. The lowest BCUT2D eigenvalue weighted by molar-refractivity contribution is -0.123. The molecule has 0 spiro atoms. The lowest BCUT2D eigenvalue weighted by Crippen LogP contribution is -2.36. The number of amides is 1. The van der Waals surface area contributed by atoms with E-state index >= 15 is 0 Å². The van der Waals surface area contributed by atoms with Crippen LogP contribution in [0.2, 0.25) is 0 Å². The summed E-state index contributed by atoms with van der Waals surface area (Å²) in [6.07, 6.45) is 4.37. The van der Waals surface area contributed by atoms with Crippen LogP contribution in [-0.2, 0) is 4.79 Å². The van der Waals surface area contributed by atoms with Gasteiger partial charge in [-0.15, -0.1) is 0 Å². The molecule has 0 aliphatic carbocycles. The minimum atomic E-state index is -0.0368. The highest BCUT2D eigenvalue weighted by molar-refractivity contribution is 8.26. The molecule has 6 heteroatoms. The molecule has 1 fully saturated rings. The average molecular weight is 364 g/mol.